The molecule has 24 heavy (non-hydrogen) atoms. The topological polar surface area (TPSA) is 61.0 Å². The number of nitrogens with one attached hydrogen (secondary N) is 2. The van der Waals surface area contributed by atoms with E-state index in [0.29, 0.717) is 5.92 Å². The minimum Gasteiger partial charge on any atom is -0.348 e. The van der Waals surface area contributed by atoms with E-state index in [1.54, 1.807) is 0 Å². The van der Waals surface area contributed by atoms with Crippen LogP contribution in [0.5, 0.6) is 0 Å². The number of likely N-dealkylation sites (tertiary alicyclic amines) is 1. The molecule has 1 saturated heterocycles. The summed E-state index contributed by atoms with van der Waals surface area (Å²) in [5.74, 6) is 0.583. The van der Waals surface area contributed by atoms with Crippen LogP contribution in [-0.2, 0) is 0 Å². The number of piperidine rings is 1. The molecule has 0 spiro atoms. The SMILES string of the molecule is Cc1[nH]nc(C2CC2)c1C(=O)N[C@H]1CCCN(C2CCCCC2)C1. The Bertz CT molecular complexity index is 586. The van der Waals surface area contributed by atoms with E-state index < -0.39 is 0 Å². The van der Waals surface area contributed by atoms with Crippen LogP contribution in [0.1, 0.15) is 85.5 Å². The second-order valence-electron chi connectivity index (χ2n) is 7.98. The highest BCUT2D eigenvalue weighted by Gasteiger charge is 2.33. The Labute approximate surface area is 144 Å². The molecule has 1 atom stereocenters. The van der Waals surface area contributed by atoms with E-state index in [9.17, 15) is 4.79 Å². The van der Waals surface area contributed by atoms with Gasteiger partial charge in [-0.2, -0.15) is 5.10 Å². The Hall–Kier alpha value is -1.36. The number of aromatic amines is 1. The van der Waals surface area contributed by atoms with Gasteiger partial charge in [0.15, 0.2) is 0 Å². The van der Waals surface area contributed by atoms with Crippen molar-refractivity contribution in [2.24, 2.45) is 0 Å². The number of hydrogen-bond acceptors (Lipinski definition) is 3. The molecule has 1 amide bonds. The van der Waals surface area contributed by atoms with Gasteiger partial charge in [0.1, 0.15) is 0 Å². The zero-order valence-corrected chi connectivity index (χ0v) is 14.8. The minimum absolute atomic E-state index is 0.0821. The van der Waals surface area contributed by atoms with Gasteiger partial charge >= 0.3 is 0 Å². The van der Waals surface area contributed by atoms with Crippen molar-refractivity contribution in [3.8, 4) is 0 Å². The Morgan fingerprint density at radius 1 is 1.12 bits per heavy atom. The van der Waals surface area contributed by atoms with Crippen LogP contribution in [0.15, 0.2) is 0 Å². The molecule has 2 aliphatic carbocycles. The highest BCUT2D eigenvalue weighted by molar-refractivity contribution is 5.96. The standard InChI is InChI=1S/C19H30N4O/c1-13-17(18(22-21-13)14-9-10-14)19(24)20-15-6-5-11-23(12-15)16-7-3-2-4-8-16/h14-16H,2-12H2,1H3,(H,20,24)(H,21,22)/t15-/m0/s1. The molecule has 2 heterocycles. The molecule has 3 aliphatic rings. The molecule has 2 N–H and O–H groups in total. The molecule has 1 aromatic rings. The molecule has 3 fully saturated rings. The third-order valence-electron chi connectivity index (χ3n) is 6.05. The van der Waals surface area contributed by atoms with Gasteiger partial charge in [0.05, 0.1) is 11.3 Å². The van der Waals surface area contributed by atoms with Crippen LogP contribution in [0.25, 0.3) is 0 Å². The van der Waals surface area contributed by atoms with E-state index in [4.69, 9.17) is 0 Å². The summed E-state index contributed by atoms with van der Waals surface area (Å²) in [6.07, 6.45) is 11.5. The van der Waals surface area contributed by atoms with Gasteiger partial charge in [0.2, 0.25) is 0 Å². The predicted molar refractivity (Wildman–Crippen MR) is 94.2 cm³/mol. The summed E-state index contributed by atoms with van der Waals surface area (Å²) in [7, 11) is 0. The molecular formula is C19H30N4O. The lowest BCUT2D eigenvalue weighted by Gasteiger charge is -2.40. The van der Waals surface area contributed by atoms with Crippen LogP contribution in [0.2, 0.25) is 0 Å². The fourth-order valence-corrected chi connectivity index (χ4v) is 4.55. The van der Waals surface area contributed by atoms with Crippen molar-refractivity contribution in [2.45, 2.75) is 82.7 Å². The molecule has 0 bridgehead atoms. The summed E-state index contributed by atoms with van der Waals surface area (Å²) in [5.41, 5.74) is 2.71. The largest absolute Gasteiger partial charge is 0.348 e. The lowest BCUT2D eigenvalue weighted by atomic mass is 9.92. The van der Waals surface area contributed by atoms with Gasteiger partial charge in [-0.15, -0.1) is 0 Å². The van der Waals surface area contributed by atoms with E-state index >= 15 is 0 Å². The summed E-state index contributed by atoms with van der Waals surface area (Å²) >= 11 is 0. The Morgan fingerprint density at radius 3 is 2.67 bits per heavy atom. The minimum atomic E-state index is 0.0821. The average molecular weight is 330 g/mol. The number of aryl methyl sites for hydroxylation is 1. The van der Waals surface area contributed by atoms with Gasteiger partial charge in [0.25, 0.3) is 5.91 Å². The number of amides is 1. The molecule has 0 aromatic carbocycles. The predicted octanol–water partition coefficient (Wildman–Crippen LogP) is 3.12. The van der Waals surface area contributed by atoms with E-state index in [-0.39, 0.29) is 11.9 Å². The highest BCUT2D eigenvalue weighted by Crippen LogP contribution is 2.41. The molecular weight excluding hydrogens is 300 g/mol. The fraction of sp³-hybridized carbons (Fsp3) is 0.789. The normalized spacial score (nSPS) is 26.5. The van der Waals surface area contributed by atoms with Crippen molar-refractivity contribution in [3.05, 3.63) is 17.0 Å². The van der Waals surface area contributed by atoms with Crippen LogP contribution in [-0.4, -0.2) is 46.2 Å². The number of H-pyrrole nitrogens is 1. The maximum absolute atomic E-state index is 12.8. The first-order valence-electron chi connectivity index (χ1n) is 9.82. The molecule has 132 valence electrons. The van der Waals surface area contributed by atoms with Crippen LogP contribution in [0.4, 0.5) is 0 Å². The molecule has 0 unspecified atom stereocenters. The van der Waals surface area contributed by atoms with Crippen LogP contribution >= 0.6 is 0 Å². The zero-order valence-electron chi connectivity index (χ0n) is 14.8. The molecule has 2 saturated carbocycles. The van der Waals surface area contributed by atoms with Crippen molar-refractivity contribution in [1.29, 1.82) is 0 Å². The summed E-state index contributed by atoms with van der Waals surface area (Å²) in [6, 6.07) is 1.03. The Morgan fingerprint density at radius 2 is 1.92 bits per heavy atom. The van der Waals surface area contributed by atoms with Crippen molar-refractivity contribution >= 4 is 5.91 Å². The lowest BCUT2D eigenvalue weighted by Crippen LogP contribution is -2.51. The van der Waals surface area contributed by atoms with Gasteiger partial charge < -0.3 is 5.32 Å². The van der Waals surface area contributed by atoms with Crippen molar-refractivity contribution < 1.29 is 4.79 Å². The first kappa shape index (κ1) is 16.1. The second kappa shape index (κ2) is 6.87. The number of carbonyl (C=O) groups excluding carboxylic acids is 1. The summed E-state index contributed by atoms with van der Waals surface area (Å²) in [4.78, 5) is 15.5. The number of hydrogen-bond donors (Lipinski definition) is 2. The number of carbonyl (C=O) groups is 1. The maximum Gasteiger partial charge on any atom is 0.255 e. The first-order valence-corrected chi connectivity index (χ1v) is 9.82. The van der Waals surface area contributed by atoms with Crippen LogP contribution < -0.4 is 5.32 Å². The molecule has 4 rings (SSSR count). The molecule has 1 aromatic heterocycles. The second-order valence-corrected chi connectivity index (χ2v) is 7.98. The van der Waals surface area contributed by atoms with Gasteiger partial charge in [0, 0.05) is 30.2 Å². The Kier molecular flexibility index (Phi) is 4.61. The molecule has 0 radical (unpaired) electrons. The summed E-state index contributed by atoms with van der Waals surface area (Å²) < 4.78 is 0. The third kappa shape index (κ3) is 3.37. The van der Waals surface area contributed by atoms with Crippen molar-refractivity contribution in [3.63, 3.8) is 0 Å². The number of aromatic nitrogens is 2. The van der Waals surface area contributed by atoms with Crippen molar-refractivity contribution in [1.82, 2.24) is 20.4 Å². The van der Waals surface area contributed by atoms with Crippen molar-refractivity contribution in [2.75, 3.05) is 13.1 Å². The quantitative estimate of drug-likeness (QED) is 0.891. The van der Waals surface area contributed by atoms with Gasteiger partial charge in [-0.05, 0) is 52.0 Å². The number of rotatable bonds is 4. The van der Waals surface area contributed by atoms with E-state index in [2.05, 4.69) is 20.4 Å². The summed E-state index contributed by atoms with van der Waals surface area (Å²) in [6.45, 7) is 4.18. The maximum atomic E-state index is 12.8. The number of nitrogens with zero attached hydrogens (tertiary/aromatic N) is 2. The van der Waals surface area contributed by atoms with Gasteiger partial charge in [-0.1, -0.05) is 19.3 Å². The van der Waals surface area contributed by atoms with Crippen LogP contribution in [0, 0.1) is 6.92 Å². The molecule has 1 aliphatic heterocycles. The Balaban J connectivity index is 1.39. The van der Waals surface area contributed by atoms with Crippen LogP contribution in [0.3, 0.4) is 0 Å². The van der Waals surface area contributed by atoms with E-state index in [1.165, 1.54) is 57.9 Å². The van der Waals surface area contributed by atoms with Gasteiger partial charge in [-0.25, -0.2) is 0 Å². The monoisotopic (exact) mass is 330 g/mol. The fourth-order valence-electron chi connectivity index (χ4n) is 4.55. The third-order valence-corrected chi connectivity index (χ3v) is 6.05. The van der Waals surface area contributed by atoms with Gasteiger partial charge in [-0.3, -0.25) is 14.8 Å². The highest BCUT2D eigenvalue weighted by atomic mass is 16.1. The lowest BCUT2D eigenvalue weighted by molar-refractivity contribution is 0.0834. The zero-order chi connectivity index (χ0) is 16.5. The van der Waals surface area contributed by atoms with E-state index in [1.807, 2.05) is 6.92 Å². The summed E-state index contributed by atoms with van der Waals surface area (Å²) in [5, 5.41) is 10.7. The molecule has 5 heteroatoms. The first-order chi connectivity index (χ1) is 11.7. The van der Waals surface area contributed by atoms with E-state index in [0.717, 1.165) is 36.0 Å². The average Bonchev–Trinajstić information content (AvgIpc) is 3.38. The molecule has 5 nitrogen and oxygen atoms in total. The smallest absolute Gasteiger partial charge is 0.255 e.